The molecular weight excluding hydrogens is 278 g/mol. The Morgan fingerprint density at radius 2 is 2.09 bits per heavy atom. The van der Waals surface area contributed by atoms with Crippen molar-refractivity contribution in [3.05, 3.63) is 54.2 Å². The van der Waals surface area contributed by atoms with Gasteiger partial charge in [0.25, 0.3) is 0 Å². The second-order valence-corrected chi connectivity index (χ2v) is 5.47. The summed E-state index contributed by atoms with van der Waals surface area (Å²) in [6, 6.07) is 12.2. The van der Waals surface area contributed by atoms with E-state index >= 15 is 0 Å². The van der Waals surface area contributed by atoms with Crippen LogP contribution in [0.4, 0.5) is 0 Å². The van der Waals surface area contributed by atoms with Crippen molar-refractivity contribution >= 4 is 0 Å². The number of nitriles is 1. The van der Waals surface area contributed by atoms with Crippen LogP contribution in [-0.4, -0.2) is 29.1 Å². The minimum Gasteiger partial charge on any atom is -0.446 e. The van der Waals surface area contributed by atoms with Gasteiger partial charge in [-0.1, -0.05) is 30.3 Å². The second-order valence-electron chi connectivity index (χ2n) is 5.47. The molecule has 5 heteroatoms. The van der Waals surface area contributed by atoms with Gasteiger partial charge in [0.2, 0.25) is 0 Å². The summed E-state index contributed by atoms with van der Waals surface area (Å²) in [4.78, 5) is 6.02. The van der Waals surface area contributed by atoms with Crippen molar-refractivity contribution in [2.75, 3.05) is 13.1 Å². The van der Waals surface area contributed by atoms with Crippen LogP contribution in [0.3, 0.4) is 0 Å². The fraction of sp³-hybridized carbons (Fsp3) is 0.412. The molecule has 5 nitrogen and oxygen atoms in total. The number of rotatable bonds is 5. The molecule has 3 rings (SSSR count). The summed E-state index contributed by atoms with van der Waals surface area (Å²) in [5.74, 6) is 0.617. The van der Waals surface area contributed by atoms with E-state index in [-0.39, 0.29) is 12.1 Å². The van der Waals surface area contributed by atoms with Gasteiger partial charge in [0.15, 0.2) is 18.2 Å². The third-order valence-electron chi connectivity index (χ3n) is 4.01. The summed E-state index contributed by atoms with van der Waals surface area (Å²) in [6.45, 7) is 2.31. The highest BCUT2D eigenvalue weighted by atomic mass is 16.5. The monoisotopic (exact) mass is 297 g/mol. The van der Waals surface area contributed by atoms with Crippen LogP contribution < -0.4 is 0 Å². The molecule has 1 saturated heterocycles. The number of hydrogen-bond donors (Lipinski definition) is 0. The lowest BCUT2D eigenvalue weighted by molar-refractivity contribution is -0.00833. The summed E-state index contributed by atoms with van der Waals surface area (Å²) >= 11 is 0. The smallest absolute Gasteiger partial charge is 0.180 e. The maximum atomic E-state index is 9.36. The Kier molecular flexibility index (Phi) is 4.84. The van der Waals surface area contributed by atoms with E-state index in [1.807, 2.05) is 18.2 Å². The zero-order valence-electron chi connectivity index (χ0n) is 12.4. The fourth-order valence-corrected chi connectivity index (χ4v) is 2.77. The van der Waals surface area contributed by atoms with Crippen LogP contribution in [0.25, 0.3) is 0 Å². The van der Waals surface area contributed by atoms with Crippen molar-refractivity contribution in [3.8, 4) is 6.07 Å². The van der Waals surface area contributed by atoms with Gasteiger partial charge in [-0.2, -0.15) is 5.26 Å². The molecule has 0 amide bonds. The quantitative estimate of drug-likeness (QED) is 0.849. The van der Waals surface area contributed by atoms with E-state index in [0.29, 0.717) is 12.4 Å². The van der Waals surface area contributed by atoms with E-state index in [1.54, 1.807) is 6.20 Å². The molecule has 1 unspecified atom stereocenters. The molecule has 0 saturated carbocycles. The molecule has 1 aliphatic heterocycles. The number of piperidine rings is 1. The van der Waals surface area contributed by atoms with Crippen molar-refractivity contribution in [3.63, 3.8) is 0 Å². The molecule has 114 valence electrons. The third-order valence-corrected chi connectivity index (χ3v) is 4.01. The first-order valence-electron chi connectivity index (χ1n) is 7.54. The zero-order chi connectivity index (χ0) is 15.2. The number of likely N-dealkylation sites (tertiary alicyclic amines) is 1. The van der Waals surface area contributed by atoms with Crippen LogP contribution in [-0.2, 0) is 11.3 Å². The molecule has 22 heavy (non-hydrogen) atoms. The van der Waals surface area contributed by atoms with Crippen LogP contribution in [0.2, 0.25) is 0 Å². The fourth-order valence-electron chi connectivity index (χ4n) is 2.77. The molecule has 0 spiro atoms. The van der Waals surface area contributed by atoms with E-state index in [4.69, 9.17) is 9.15 Å². The number of aromatic nitrogens is 1. The molecule has 1 aliphatic rings. The molecule has 0 N–H and O–H groups in total. The van der Waals surface area contributed by atoms with Gasteiger partial charge in [-0.05, 0) is 18.4 Å². The molecular formula is C17H19N3O2. The van der Waals surface area contributed by atoms with E-state index in [2.05, 4.69) is 28.1 Å². The van der Waals surface area contributed by atoms with Gasteiger partial charge in [-0.15, -0.1) is 0 Å². The van der Waals surface area contributed by atoms with Gasteiger partial charge >= 0.3 is 0 Å². The van der Waals surface area contributed by atoms with Crippen molar-refractivity contribution in [2.24, 2.45) is 0 Å². The van der Waals surface area contributed by atoms with Gasteiger partial charge in [0.1, 0.15) is 0 Å². The SMILES string of the molecule is N#CC(c1cnco1)N1CCC(OCc2ccccc2)CC1. The van der Waals surface area contributed by atoms with E-state index in [9.17, 15) is 5.26 Å². The molecule has 1 aromatic heterocycles. The Bertz CT molecular complexity index is 599. The number of nitrogens with zero attached hydrogens (tertiary/aromatic N) is 3. The van der Waals surface area contributed by atoms with Crippen molar-refractivity contribution in [2.45, 2.75) is 31.6 Å². The molecule has 0 bridgehead atoms. The number of hydrogen-bond acceptors (Lipinski definition) is 5. The summed E-state index contributed by atoms with van der Waals surface area (Å²) in [5, 5.41) is 9.36. The maximum absolute atomic E-state index is 9.36. The summed E-state index contributed by atoms with van der Waals surface area (Å²) in [5.41, 5.74) is 1.20. The standard InChI is InChI=1S/C17H19N3O2/c18-10-16(17-11-19-13-22-17)20-8-6-15(7-9-20)21-12-14-4-2-1-3-5-14/h1-5,11,13,15-16H,6-9,12H2. The lowest BCUT2D eigenvalue weighted by Gasteiger charge is -2.33. The van der Waals surface area contributed by atoms with Crippen LogP contribution >= 0.6 is 0 Å². The van der Waals surface area contributed by atoms with Gasteiger partial charge in [-0.3, -0.25) is 4.90 Å². The molecule has 0 aliphatic carbocycles. The zero-order valence-corrected chi connectivity index (χ0v) is 12.4. The predicted molar refractivity (Wildman–Crippen MR) is 80.7 cm³/mol. The molecule has 1 atom stereocenters. The molecule has 1 aromatic carbocycles. The van der Waals surface area contributed by atoms with E-state index in [0.717, 1.165) is 25.9 Å². The molecule has 2 heterocycles. The first-order valence-corrected chi connectivity index (χ1v) is 7.54. The lowest BCUT2D eigenvalue weighted by Crippen LogP contribution is -2.38. The van der Waals surface area contributed by atoms with E-state index in [1.165, 1.54) is 12.0 Å². The Labute approximate surface area is 130 Å². The average molecular weight is 297 g/mol. The van der Waals surface area contributed by atoms with Crippen molar-refractivity contribution in [1.82, 2.24) is 9.88 Å². The van der Waals surface area contributed by atoms with E-state index < -0.39 is 0 Å². The first kappa shape index (κ1) is 14.8. The van der Waals surface area contributed by atoms with Gasteiger partial charge in [0.05, 0.1) is 25.0 Å². The number of benzene rings is 1. The Morgan fingerprint density at radius 1 is 1.32 bits per heavy atom. The Hall–Kier alpha value is -2.16. The highest BCUT2D eigenvalue weighted by molar-refractivity contribution is 5.13. The number of oxazole rings is 1. The first-order chi connectivity index (χ1) is 10.9. The normalized spacial score (nSPS) is 18.0. The van der Waals surface area contributed by atoms with Crippen LogP contribution in [0.5, 0.6) is 0 Å². The summed E-state index contributed by atoms with van der Waals surface area (Å²) in [7, 11) is 0. The highest BCUT2D eigenvalue weighted by Gasteiger charge is 2.28. The molecule has 1 fully saturated rings. The maximum Gasteiger partial charge on any atom is 0.180 e. The topological polar surface area (TPSA) is 62.3 Å². The van der Waals surface area contributed by atoms with Crippen molar-refractivity contribution < 1.29 is 9.15 Å². The molecule has 0 radical (unpaired) electrons. The predicted octanol–water partition coefficient (Wildman–Crippen LogP) is 2.92. The highest BCUT2D eigenvalue weighted by Crippen LogP contribution is 2.25. The Balaban J connectivity index is 1.49. The van der Waals surface area contributed by atoms with Gasteiger partial charge < -0.3 is 9.15 Å². The third kappa shape index (κ3) is 3.53. The minimum atomic E-state index is -0.349. The van der Waals surface area contributed by atoms with Crippen LogP contribution in [0.15, 0.2) is 47.3 Å². The second kappa shape index (κ2) is 7.21. The Morgan fingerprint density at radius 3 is 2.73 bits per heavy atom. The van der Waals surface area contributed by atoms with Gasteiger partial charge in [0, 0.05) is 13.1 Å². The lowest BCUT2D eigenvalue weighted by atomic mass is 10.0. The molecule has 2 aromatic rings. The van der Waals surface area contributed by atoms with Crippen LogP contribution in [0.1, 0.15) is 30.2 Å². The van der Waals surface area contributed by atoms with Crippen molar-refractivity contribution in [1.29, 1.82) is 5.26 Å². The number of ether oxygens (including phenoxy) is 1. The average Bonchev–Trinajstić information content (AvgIpc) is 3.10. The summed E-state index contributed by atoms with van der Waals surface area (Å²) < 4.78 is 11.2. The van der Waals surface area contributed by atoms with Crippen LogP contribution in [0, 0.1) is 11.3 Å². The largest absolute Gasteiger partial charge is 0.446 e. The van der Waals surface area contributed by atoms with Gasteiger partial charge in [-0.25, -0.2) is 4.98 Å². The summed E-state index contributed by atoms with van der Waals surface area (Å²) in [6.07, 6.45) is 5.10. The minimum absolute atomic E-state index is 0.255.